The van der Waals surface area contributed by atoms with Gasteiger partial charge < -0.3 is 30.0 Å². The summed E-state index contributed by atoms with van der Waals surface area (Å²) in [6.45, 7) is 15.0. The van der Waals surface area contributed by atoms with Crippen molar-refractivity contribution in [2.45, 2.75) is 135 Å². The minimum Gasteiger partial charge on any atom is -0.494 e. The third-order valence-electron chi connectivity index (χ3n) is 12.1. The van der Waals surface area contributed by atoms with Gasteiger partial charge in [0.2, 0.25) is 23.6 Å². The lowest BCUT2D eigenvalue weighted by molar-refractivity contribution is -0.147. The van der Waals surface area contributed by atoms with Crippen molar-refractivity contribution in [1.82, 2.24) is 20.9 Å². The number of ether oxygens (including phenoxy) is 1. The minimum atomic E-state index is -2.96. The van der Waals surface area contributed by atoms with Crippen LogP contribution in [0.25, 0.3) is 0 Å². The molecule has 0 unspecified atom stereocenters. The van der Waals surface area contributed by atoms with E-state index in [2.05, 4.69) is 61.0 Å². The van der Waals surface area contributed by atoms with Crippen LogP contribution in [-0.2, 0) is 34.8 Å². The Morgan fingerprint density at radius 3 is 2.02 bits per heavy atom. The first-order valence-electron chi connectivity index (χ1n) is 22.1. The Hall–Kier alpha value is -5.07. The predicted molar refractivity (Wildman–Crippen MR) is 242 cm³/mol. The largest absolute Gasteiger partial charge is 0.494 e. The molecule has 0 spiro atoms. The molecule has 2 saturated heterocycles. The minimum absolute atomic E-state index is 0.161. The standard InChI is InChI=1S/C49H66N4O7Si/c1-8-34(3)44-48(58)53-32-20-19-26-42(53)47(57)50-40(45(55)51-41(46(56)52-44)33-36-28-30-37(31-29-36)59-9-2)25-17-12-18-27-43(54)35(4)60-61(49(5,6)7,38-21-13-10-14-22-38)39-23-15-11-16-24-39/h10-11,13-16,18,21-24,27-31,34-35,40-42,44H,8-9,12,17,19-20,25-26,32-33H2,1-7H3,(H,50,57)(H,51,55)(H,52,56)/b27-18+/t34-,35-,40-,41+,42-,44-/m0/s1. The van der Waals surface area contributed by atoms with Crippen LogP contribution in [0.4, 0.5) is 0 Å². The highest BCUT2D eigenvalue weighted by atomic mass is 28.4. The molecule has 11 nitrogen and oxygen atoms in total. The van der Waals surface area contributed by atoms with Crippen LogP contribution in [0.5, 0.6) is 5.75 Å². The molecule has 328 valence electrons. The van der Waals surface area contributed by atoms with E-state index in [0.29, 0.717) is 44.6 Å². The molecule has 2 aliphatic rings. The Kier molecular flexibility index (Phi) is 16.7. The topological polar surface area (TPSA) is 143 Å². The van der Waals surface area contributed by atoms with E-state index < -0.39 is 50.4 Å². The van der Waals surface area contributed by atoms with Gasteiger partial charge in [-0.1, -0.05) is 120 Å². The van der Waals surface area contributed by atoms with Crippen LogP contribution >= 0.6 is 0 Å². The number of piperidine rings is 1. The number of nitrogens with one attached hydrogen (secondary N) is 3. The van der Waals surface area contributed by atoms with Crippen molar-refractivity contribution in [3.05, 3.63) is 103 Å². The van der Waals surface area contributed by atoms with E-state index in [4.69, 9.17) is 9.16 Å². The van der Waals surface area contributed by atoms with Gasteiger partial charge in [0.15, 0.2) is 5.78 Å². The van der Waals surface area contributed by atoms with Crippen LogP contribution in [0.1, 0.15) is 99.0 Å². The van der Waals surface area contributed by atoms with Crippen LogP contribution in [-0.4, -0.2) is 86.1 Å². The molecule has 12 heteroatoms. The maximum Gasteiger partial charge on any atom is 0.262 e. The van der Waals surface area contributed by atoms with E-state index >= 15 is 0 Å². The van der Waals surface area contributed by atoms with Crippen LogP contribution in [0.15, 0.2) is 97.1 Å². The first-order chi connectivity index (χ1) is 29.2. The van der Waals surface area contributed by atoms with Gasteiger partial charge in [-0.15, -0.1) is 0 Å². The van der Waals surface area contributed by atoms with Crippen molar-refractivity contribution in [3.63, 3.8) is 0 Å². The number of ketones is 1. The molecule has 0 radical (unpaired) electrons. The van der Waals surface area contributed by atoms with E-state index in [1.165, 1.54) is 0 Å². The molecule has 0 bridgehead atoms. The summed E-state index contributed by atoms with van der Waals surface area (Å²) in [6, 6.07) is 24.1. The Bertz CT molecular complexity index is 1930. The highest BCUT2D eigenvalue weighted by Gasteiger charge is 2.51. The van der Waals surface area contributed by atoms with Gasteiger partial charge in [-0.25, -0.2) is 0 Å². The zero-order chi connectivity index (χ0) is 44.2. The summed E-state index contributed by atoms with van der Waals surface area (Å²) in [7, 11) is -2.96. The monoisotopic (exact) mass is 850 g/mol. The number of carbonyl (C=O) groups is 5. The number of benzene rings is 3. The second-order valence-electron chi connectivity index (χ2n) is 17.5. The van der Waals surface area contributed by atoms with Crippen LogP contribution in [0, 0.1) is 5.92 Å². The average Bonchev–Trinajstić information content (AvgIpc) is 3.26. The van der Waals surface area contributed by atoms with Crippen molar-refractivity contribution in [2.75, 3.05) is 13.2 Å². The van der Waals surface area contributed by atoms with Crippen LogP contribution < -0.4 is 31.1 Å². The Balaban J connectivity index is 1.34. The summed E-state index contributed by atoms with van der Waals surface area (Å²) in [5.74, 6) is -1.29. The number of fused-ring (bicyclic) bond motifs is 1. The lowest BCUT2D eigenvalue weighted by Crippen LogP contribution is -2.68. The average molecular weight is 851 g/mol. The quantitative estimate of drug-likeness (QED) is 0.0943. The second kappa shape index (κ2) is 21.6. The van der Waals surface area contributed by atoms with Crippen molar-refractivity contribution < 1.29 is 33.1 Å². The summed E-state index contributed by atoms with van der Waals surface area (Å²) >= 11 is 0. The van der Waals surface area contributed by atoms with Gasteiger partial charge in [0.1, 0.15) is 36.0 Å². The van der Waals surface area contributed by atoms with Crippen molar-refractivity contribution in [2.24, 2.45) is 5.92 Å². The molecule has 2 fully saturated rings. The lowest BCUT2D eigenvalue weighted by atomic mass is 9.93. The maximum absolute atomic E-state index is 14.2. The number of carbonyl (C=O) groups excluding carboxylic acids is 5. The van der Waals surface area contributed by atoms with Crippen LogP contribution in [0.2, 0.25) is 5.04 Å². The fourth-order valence-corrected chi connectivity index (χ4v) is 13.2. The molecule has 5 rings (SSSR count). The molecule has 2 aliphatic heterocycles. The van der Waals surface area contributed by atoms with Crippen molar-refractivity contribution in [3.8, 4) is 5.75 Å². The zero-order valence-corrected chi connectivity index (χ0v) is 38.1. The van der Waals surface area contributed by atoms with Gasteiger partial charge in [-0.05, 0) is 97.5 Å². The molecule has 0 aliphatic carbocycles. The maximum atomic E-state index is 14.2. The van der Waals surface area contributed by atoms with E-state index in [9.17, 15) is 24.0 Å². The molecule has 3 N–H and O–H groups in total. The SMILES string of the molecule is CCOc1ccc(C[C@H]2NC(=O)[C@H](CCC/C=C/C(=O)[C@H](C)O[Si](c3ccccc3)(c3ccccc3)C(C)(C)C)NC(=O)[C@@H]3CCCCN3C(=O)[C@H]([C@@H](C)CC)NC2=O)cc1. The Labute approximate surface area is 363 Å². The summed E-state index contributed by atoms with van der Waals surface area (Å²) in [5.41, 5.74) is 0.794. The summed E-state index contributed by atoms with van der Waals surface area (Å²) < 4.78 is 12.6. The predicted octanol–water partition coefficient (Wildman–Crippen LogP) is 5.78. The highest BCUT2D eigenvalue weighted by Crippen LogP contribution is 2.37. The number of hydrogen-bond donors (Lipinski definition) is 3. The van der Waals surface area contributed by atoms with E-state index in [1.807, 2.05) is 81.4 Å². The fourth-order valence-electron chi connectivity index (χ4n) is 8.52. The fraction of sp³-hybridized carbons (Fsp3) is 0.490. The number of unbranched alkanes of at least 4 members (excludes halogenated alkanes) is 1. The highest BCUT2D eigenvalue weighted by molar-refractivity contribution is 6.99. The molecule has 0 aromatic heterocycles. The molecule has 61 heavy (non-hydrogen) atoms. The van der Waals surface area contributed by atoms with E-state index in [-0.39, 0.29) is 41.4 Å². The Morgan fingerprint density at radius 1 is 0.820 bits per heavy atom. The summed E-state index contributed by atoms with van der Waals surface area (Å²) in [4.78, 5) is 71.8. The number of nitrogens with zero attached hydrogens (tertiary/aromatic N) is 1. The normalized spacial score (nSPS) is 21.6. The number of amides is 4. The molecular weight excluding hydrogens is 785 g/mol. The lowest BCUT2D eigenvalue weighted by Gasteiger charge is -2.44. The number of hydrogen-bond acceptors (Lipinski definition) is 7. The van der Waals surface area contributed by atoms with E-state index in [0.717, 1.165) is 28.8 Å². The van der Waals surface area contributed by atoms with Gasteiger partial charge in [0, 0.05) is 13.0 Å². The first kappa shape index (κ1) is 47.0. The van der Waals surface area contributed by atoms with Gasteiger partial charge in [-0.3, -0.25) is 24.0 Å². The summed E-state index contributed by atoms with van der Waals surface area (Å²) in [6.07, 6.45) is 6.56. The van der Waals surface area contributed by atoms with Gasteiger partial charge in [0.25, 0.3) is 8.32 Å². The smallest absolute Gasteiger partial charge is 0.262 e. The number of allylic oxidation sites excluding steroid dienone is 1. The molecule has 3 aromatic carbocycles. The molecule has 0 saturated carbocycles. The van der Waals surface area contributed by atoms with Gasteiger partial charge >= 0.3 is 0 Å². The molecule has 2 heterocycles. The Morgan fingerprint density at radius 2 is 1.43 bits per heavy atom. The third kappa shape index (κ3) is 11.6. The second-order valence-corrected chi connectivity index (χ2v) is 21.7. The summed E-state index contributed by atoms with van der Waals surface area (Å²) in [5, 5.41) is 10.8. The van der Waals surface area contributed by atoms with E-state index in [1.54, 1.807) is 24.0 Å². The van der Waals surface area contributed by atoms with Crippen molar-refractivity contribution >= 4 is 48.1 Å². The molecule has 4 amide bonds. The molecule has 6 atom stereocenters. The zero-order valence-electron chi connectivity index (χ0n) is 37.1. The van der Waals surface area contributed by atoms with Gasteiger partial charge in [0.05, 0.1) is 6.61 Å². The van der Waals surface area contributed by atoms with Crippen LogP contribution in [0.3, 0.4) is 0 Å². The third-order valence-corrected chi connectivity index (χ3v) is 17.2. The first-order valence-corrected chi connectivity index (χ1v) is 24.0. The van der Waals surface area contributed by atoms with Crippen molar-refractivity contribution in [1.29, 1.82) is 0 Å². The number of rotatable bonds is 16. The van der Waals surface area contributed by atoms with Gasteiger partial charge in [-0.2, -0.15) is 0 Å². The molecular formula is C49H66N4O7Si. The molecule has 3 aromatic rings.